The van der Waals surface area contributed by atoms with Crippen LogP contribution in [-0.2, 0) is 19.9 Å². The number of hydrogen-bond acceptors (Lipinski definition) is 4. The van der Waals surface area contributed by atoms with Crippen molar-refractivity contribution in [3.8, 4) is 0 Å². The van der Waals surface area contributed by atoms with Crippen LogP contribution < -0.4 is 5.32 Å². The summed E-state index contributed by atoms with van der Waals surface area (Å²) in [7, 11) is 4.06. The van der Waals surface area contributed by atoms with Crippen molar-refractivity contribution >= 4 is 11.3 Å². The number of rotatable bonds is 6. The number of imidazole rings is 1. The first-order valence-electron chi connectivity index (χ1n) is 6.23. The summed E-state index contributed by atoms with van der Waals surface area (Å²) in [5.74, 6) is 1.14. The van der Waals surface area contributed by atoms with Crippen LogP contribution in [0.2, 0.25) is 0 Å². The highest BCUT2D eigenvalue weighted by Gasteiger charge is 2.11. The zero-order valence-electron chi connectivity index (χ0n) is 11.2. The predicted octanol–water partition coefficient (Wildman–Crippen LogP) is 1.95. The lowest BCUT2D eigenvalue weighted by Gasteiger charge is -2.14. The Balaban J connectivity index is 1.88. The van der Waals surface area contributed by atoms with Crippen molar-refractivity contribution in [3.63, 3.8) is 0 Å². The molecule has 2 heterocycles. The lowest BCUT2D eigenvalue weighted by Crippen LogP contribution is -2.28. The molecule has 2 aromatic heterocycles. The molecule has 4 nitrogen and oxygen atoms in total. The highest BCUT2D eigenvalue weighted by atomic mass is 32.1. The number of aromatic nitrogens is 3. The summed E-state index contributed by atoms with van der Waals surface area (Å²) < 4.78 is 2.08. The smallest absolute Gasteiger partial charge is 0.108 e. The maximum absolute atomic E-state index is 4.52. The van der Waals surface area contributed by atoms with Crippen LogP contribution in [-0.4, -0.2) is 27.6 Å². The van der Waals surface area contributed by atoms with Crippen molar-refractivity contribution in [2.75, 3.05) is 7.05 Å². The summed E-state index contributed by atoms with van der Waals surface area (Å²) in [5, 5.41) is 6.70. The van der Waals surface area contributed by atoms with Crippen LogP contribution in [0.5, 0.6) is 0 Å². The molecule has 98 valence electrons. The van der Waals surface area contributed by atoms with E-state index in [9.17, 15) is 0 Å². The number of thiazole rings is 1. The first kappa shape index (κ1) is 13.2. The molecule has 0 radical (unpaired) electrons. The van der Waals surface area contributed by atoms with Gasteiger partial charge in [-0.1, -0.05) is 0 Å². The van der Waals surface area contributed by atoms with Gasteiger partial charge in [0.2, 0.25) is 0 Å². The molecule has 0 aliphatic heterocycles. The summed E-state index contributed by atoms with van der Waals surface area (Å²) in [4.78, 5) is 8.87. The Morgan fingerprint density at radius 1 is 1.50 bits per heavy atom. The molecule has 0 fully saturated rings. The van der Waals surface area contributed by atoms with Gasteiger partial charge in [-0.05, 0) is 20.4 Å². The second-order valence-corrected chi connectivity index (χ2v) is 5.51. The second kappa shape index (κ2) is 6.11. The molecule has 0 aromatic carbocycles. The molecule has 1 unspecified atom stereocenters. The SMILES string of the molecule is CNC(CCc1nccn1C)Cc1nc(C)cs1. The van der Waals surface area contributed by atoms with E-state index in [1.807, 2.05) is 33.4 Å². The van der Waals surface area contributed by atoms with Crippen molar-refractivity contribution < 1.29 is 0 Å². The summed E-state index contributed by atoms with van der Waals surface area (Å²) in [5.41, 5.74) is 1.12. The minimum atomic E-state index is 0.465. The third-order valence-electron chi connectivity index (χ3n) is 3.13. The molecule has 5 heteroatoms. The van der Waals surface area contributed by atoms with Gasteiger partial charge >= 0.3 is 0 Å². The van der Waals surface area contributed by atoms with E-state index >= 15 is 0 Å². The minimum absolute atomic E-state index is 0.465. The maximum atomic E-state index is 4.52. The zero-order valence-corrected chi connectivity index (χ0v) is 12.0. The molecular weight excluding hydrogens is 244 g/mol. The lowest BCUT2D eigenvalue weighted by molar-refractivity contribution is 0.509. The van der Waals surface area contributed by atoms with E-state index < -0.39 is 0 Å². The van der Waals surface area contributed by atoms with E-state index in [0.717, 1.165) is 30.8 Å². The molecule has 0 amide bonds. The first-order valence-corrected chi connectivity index (χ1v) is 7.11. The van der Waals surface area contributed by atoms with Gasteiger partial charge < -0.3 is 9.88 Å². The number of hydrogen-bond donors (Lipinski definition) is 1. The second-order valence-electron chi connectivity index (χ2n) is 4.57. The van der Waals surface area contributed by atoms with Crippen molar-refractivity contribution in [1.82, 2.24) is 19.9 Å². The molecule has 2 rings (SSSR count). The van der Waals surface area contributed by atoms with E-state index in [0.29, 0.717) is 6.04 Å². The first-order chi connectivity index (χ1) is 8.69. The van der Waals surface area contributed by atoms with Gasteiger partial charge in [-0.25, -0.2) is 9.97 Å². The van der Waals surface area contributed by atoms with Gasteiger partial charge in [0.1, 0.15) is 5.82 Å². The topological polar surface area (TPSA) is 42.7 Å². The molecule has 0 saturated carbocycles. The van der Waals surface area contributed by atoms with Crippen LogP contribution in [0.4, 0.5) is 0 Å². The Kier molecular flexibility index (Phi) is 4.49. The number of nitrogens with one attached hydrogen (secondary N) is 1. The monoisotopic (exact) mass is 264 g/mol. The molecule has 2 aromatic rings. The maximum Gasteiger partial charge on any atom is 0.108 e. The van der Waals surface area contributed by atoms with Crippen molar-refractivity contribution in [3.05, 3.63) is 34.3 Å². The third kappa shape index (κ3) is 3.40. The molecule has 18 heavy (non-hydrogen) atoms. The van der Waals surface area contributed by atoms with Gasteiger partial charge in [0, 0.05) is 49.4 Å². The fraction of sp³-hybridized carbons (Fsp3) is 0.538. The number of aryl methyl sites for hydroxylation is 3. The molecule has 0 saturated heterocycles. The van der Waals surface area contributed by atoms with E-state index in [1.165, 1.54) is 5.01 Å². The summed E-state index contributed by atoms with van der Waals surface area (Å²) in [6, 6.07) is 0.465. The number of likely N-dealkylation sites (N-methyl/N-ethyl adjacent to an activating group) is 1. The summed E-state index contributed by atoms with van der Waals surface area (Å²) in [6.45, 7) is 2.04. The van der Waals surface area contributed by atoms with Crippen molar-refractivity contribution in [2.24, 2.45) is 7.05 Å². The van der Waals surface area contributed by atoms with Gasteiger partial charge in [0.05, 0.1) is 5.01 Å². The van der Waals surface area contributed by atoms with Crippen LogP contribution in [0.3, 0.4) is 0 Å². The van der Waals surface area contributed by atoms with Crippen LogP contribution in [0, 0.1) is 6.92 Å². The Bertz CT molecular complexity index is 489. The molecule has 0 aliphatic carbocycles. The van der Waals surface area contributed by atoms with Gasteiger partial charge in [0.25, 0.3) is 0 Å². The largest absolute Gasteiger partial charge is 0.338 e. The molecule has 1 N–H and O–H groups in total. The Labute approximate surface area is 112 Å². The third-order valence-corrected chi connectivity index (χ3v) is 4.12. The predicted molar refractivity (Wildman–Crippen MR) is 74.9 cm³/mol. The molecule has 1 atom stereocenters. The van der Waals surface area contributed by atoms with E-state index in [2.05, 4.69) is 25.2 Å². The summed E-state index contributed by atoms with van der Waals surface area (Å²) in [6.07, 6.45) is 6.93. The Hall–Kier alpha value is -1.20. The highest BCUT2D eigenvalue weighted by Crippen LogP contribution is 2.13. The van der Waals surface area contributed by atoms with E-state index in [-0.39, 0.29) is 0 Å². The molecule has 0 spiro atoms. The van der Waals surface area contributed by atoms with Crippen molar-refractivity contribution in [1.29, 1.82) is 0 Å². The van der Waals surface area contributed by atoms with Crippen LogP contribution in [0.25, 0.3) is 0 Å². The van der Waals surface area contributed by atoms with E-state index in [4.69, 9.17) is 0 Å². The van der Waals surface area contributed by atoms with Crippen molar-refractivity contribution in [2.45, 2.75) is 32.2 Å². The highest BCUT2D eigenvalue weighted by molar-refractivity contribution is 7.09. The van der Waals surface area contributed by atoms with E-state index in [1.54, 1.807) is 11.3 Å². The molecule has 0 aliphatic rings. The van der Waals surface area contributed by atoms with Crippen LogP contribution >= 0.6 is 11.3 Å². The van der Waals surface area contributed by atoms with Gasteiger partial charge in [-0.3, -0.25) is 0 Å². The standard InChI is InChI=1S/C13H20N4S/c1-10-9-18-13(16-10)8-11(14-2)4-5-12-15-6-7-17(12)3/h6-7,9,11,14H,4-5,8H2,1-3H3. The molecular formula is C13H20N4S. The molecule has 0 bridgehead atoms. The van der Waals surface area contributed by atoms with Gasteiger partial charge in [-0.15, -0.1) is 11.3 Å². The fourth-order valence-corrected chi connectivity index (χ4v) is 2.85. The quantitative estimate of drug-likeness (QED) is 0.867. The average Bonchev–Trinajstić information content (AvgIpc) is 2.94. The van der Waals surface area contributed by atoms with Gasteiger partial charge in [-0.2, -0.15) is 0 Å². The summed E-state index contributed by atoms with van der Waals surface area (Å²) >= 11 is 1.75. The zero-order chi connectivity index (χ0) is 13.0. The minimum Gasteiger partial charge on any atom is -0.338 e. The fourth-order valence-electron chi connectivity index (χ4n) is 2.00. The normalized spacial score (nSPS) is 12.8. The lowest BCUT2D eigenvalue weighted by atomic mass is 10.1. The van der Waals surface area contributed by atoms with Crippen LogP contribution in [0.15, 0.2) is 17.8 Å². The van der Waals surface area contributed by atoms with Crippen LogP contribution in [0.1, 0.15) is 22.9 Å². The van der Waals surface area contributed by atoms with Gasteiger partial charge in [0.15, 0.2) is 0 Å². The average molecular weight is 264 g/mol. The Morgan fingerprint density at radius 3 is 2.89 bits per heavy atom. The Morgan fingerprint density at radius 2 is 2.33 bits per heavy atom. The number of nitrogens with zero attached hydrogens (tertiary/aromatic N) is 3.